The van der Waals surface area contributed by atoms with Crippen LogP contribution in [-0.4, -0.2) is 22.6 Å². The van der Waals surface area contributed by atoms with Crippen molar-refractivity contribution in [3.05, 3.63) is 21.9 Å². The second kappa shape index (κ2) is 3.47. The maximum absolute atomic E-state index is 11.2. The van der Waals surface area contributed by atoms with E-state index in [9.17, 15) is 9.59 Å². The van der Waals surface area contributed by atoms with Crippen LogP contribution in [0.2, 0.25) is 0 Å². The number of carbonyl (C=O) groups is 1. The molecule has 0 saturated heterocycles. The fourth-order valence-electron chi connectivity index (χ4n) is 1.24. The Hall–Kier alpha value is -1.52. The van der Waals surface area contributed by atoms with Crippen molar-refractivity contribution in [1.82, 2.24) is 9.55 Å². The van der Waals surface area contributed by atoms with Gasteiger partial charge in [0.05, 0.1) is 12.8 Å². The summed E-state index contributed by atoms with van der Waals surface area (Å²) in [5.74, 6) is -0.505. The minimum atomic E-state index is -0.505. The number of hydrogen-bond acceptors (Lipinski definition) is 3. The lowest BCUT2D eigenvalue weighted by molar-refractivity contribution is 0.0593. The van der Waals surface area contributed by atoms with E-state index in [1.54, 1.807) is 7.05 Å². The molecule has 0 bridgehead atoms. The van der Waals surface area contributed by atoms with Crippen LogP contribution in [0.3, 0.4) is 0 Å². The quantitative estimate of drug-likeness (QED) is 0.661. The summed E-state index contributed by atoms with van der Waals surface area (Å²) in [4.78, 5) is 24.7. The van der Waals surface area contributed by atoms with Crippen LogP contribution in [-0.2, 0) is 18.2 Å². The number of nitrogens with one attached hydrogen (secondary N) is 1. The van der Waals surface area contributed by atoms with Crippen LogP contribution in [0.1, 0.15) is 23.1 Å². The molecule has 1 N–H and O–H groups in total. The van der Waals surface area contributed by atoms with Crippen molar-refractivity contribution in [2.24, 2.45) is 7.05 Å². The zero-order valence-electron chi connectivity index (χ0n) is 7.88. The van der Waals surface area contributed by atoms with Crippen molar-refractivity contribution in [3.63, 3.8) is 0 Å². The summed E-state index contributed by atoms with van der Waals surface area (Å²) < 4.78 is 5.93. The van der Waals surface area contributed by atoms with Gasteiger partial charge in [0.25, 0.3) is 0 Å². The highest BCUT2D eigenvalue weighted by Gasteiger charge is 2.16. The molecule has 13 heavy (non-hydrogen) atoms. The smallest absolute Gasteiger partial charge is 0.356 e. The van der Waals surface area contributed by atoms with Crippen LogP contribution in [0.5, 0.6) is 0 Å². The predicted molar refractivity (Wildman–Crippen MR) is 46.8 cm³/mol. The zero-order chi connectivity index (χ0) is 10.0. The van der Waals surface area contributed by atoms with Gasteiger partial charge in [0, 0.05) is 7.05 Å². The molecular weight excluding hydrogens is 172 g/mol. The summed E-state index contributed by atoms with van der Waals surface area (Å²) in [5.41, 5.74) is 0.617. The third-order valence-corrected chi connectivity index (χ3v) is 1.95. The number of methoxy groups -OCH3 is 1. The van der Waals surface area contributed by atoms with Gasteiger partial charge in [0.15, 0.2) is 0 Å². The van der Waals surface area contributed by atoms with E-state index in [0.717, 1.165) is 0 Å². The molecule has 1 rings (SSSR count). The van der Waals surface area contributed by atoms with Crippen LogP contribution in [0, 0.1) is 0 Å². The number of hydrogen-bond donors (Lipinski definition) is 1. The second-order valence-corrected chi connectivity index (χ2v) is 2.66. The third kappa shape index (κ3) is 1.49. The number of rotatable bonds is 2. The molecule has 1 heterocycles. The minimum Gasteiger partial charge on any atom is -0.464 e. The van der Waals surface area contributed by atoms with Gasteiger partial charge in [0.2, 0.25) is 0 Å². The summed E-state index contributed by atoms with van der Waals surface area (Å²) in [6, 6.07) is 0. The molecular formula is C8H12N2O3. The van der Waals surface area contributed by atoms with Crippen molar-refractivity contribution < 1.29 is 9.53 Å². The molecule has 0 aromatic carbocycles. The van der Waals surface area contributed by atoms with Gasteiger partial charge in [-0.3, -0.25) is 9.55 Å². The first-order chi connectivity index (χ1) is 6.11. The van der Waals surface area contributed by atoms with E-state index < -0.39 is 5.97 Å². The average molecular weight is 184 g/mol. The van der Waals surface area contributed by atoms with E-state index in [0.29, 0.717) is 12.1 Å². The SMILES string of the molecule is CCc1c(C(=O)OC)[nH]c(=O)n1C. The number of imidazole rings is 1. The Labute approximate surface area is 75.3 Å². The highest BCUT2D eigenvalue weighted by Crippen LogP contribution is 2.04. The van der Waals surface area contributed by atoms with Gasteiger partial charge in [-0.25, -0.2) is 9.59 Å². The summed E-state index contributed by atoms with van der Waals surface area (Å²) in [5, 5.41) is 0. The number of carbonyl (C=O) groups excluding carboxylic acids is 1. The lowest BCUT2D eigenvalue weighted by Crippen LogP contribution is -2.13. The lowest BCUT2D eigenvalue weighted by Gasteiger charge is -2.00. The van der Waals surface area contributed by atoms with Crippen LogP contribution in [0.25, 0.3) is 0 Å². The Balaban J connectivity index is 3.29. The molecule has 0 aliphatic heterocycles. The molecule has 0 aliphatic rings. The van der Waals surface area contributed by atoms with Crippen LogP contribution >= 0.6 is 0 Å². The number of aromatic nitrogens is 2. The molecule has 0 fully saturated rings. The minimum absolute atomic E-state index is 0.248. The van der Waals surface area contributed by atoms with Gasteiger partial charge >= 0.3 is 11.7 Å². The Morgan fingerprint density at radius 3 is 2.69 bits per heavy atom. The Morgan fingerprint density at radius 2 is 2.23 bits per heavy atom. The molecule has 0 saturated carbocycles. The summed E-state index contributed by atoms with van der Waals surface area (Å²) in [6.45, 7) is 1.87. The summed E-state index contributed by atoms with van der Waals surface area (Å²) in [7, 11) is 2.90. The van der Waals surface area contributed by atoms with Gasteiger partial charge in [-0.2, -0.15) is 0 Å². The van der Waals surface area contributed by atoms with E-state index in [2.05, 4.69) is 9.72 Å². The van der Waals surface area contributed by atoms with Crippen molar-refractivity contribution >= 4 is 5.97 Å². The maximum Gasteiger partial charge on any atom is 0.356 e. The highest BCUT2D eigenvalue weighted by molar-refractivity contribution is 5.88. The molecule has 5 nitrogen and oxygen atoms in total. The first-order valence-electron chi connectivity index (χ1n) is 3.98. The van der Waals surface area contributed by atoms with Crippen LogP contribution in [0.4, 0.5) is 0 Å². The van der Waals surface area contributed by atoms with Crippen molar-refractivity contribution in [2.75, 3.05) is 7.11 Å². The number of aromatic amines is 1. The Bertz CT molecular complexity index is 375. The van der Waals surface area contributed by atoms with E-state index in [1.165, 1.54) is 11.7 Å². The second-order valence-electron chi connectivity index (χ2n) is 2.66. The molecule has 0 spiro atoms. The molecule has 0 amide bonds. The zero-order valence-corrected chi connectivity index (χ0v) is 7.88. The standard InChI is InChI=1S/C8H12N2O3/c1-4-5-6(7(11)13-3)9-8(12)10(5)2/h4H2,1-3H3,(H,9,12). The molecule has 1 aromatic heterocycles. The average Bonchev–Trinajstić information content (AvgIpc) is 2.42. The molecule has 5 heteroatoms. The van der Waals surface area contributed by atoms with E-state index >= 15 is 0 Å². The van der Waals surface area contributed by atoms with Crippen molar-refractivity contribution in [1.29, 1.82) is 0 Å². The molecule has 0 unspecified atom stereocenters. The predicted octanol–water partition coefficient (Wildman–Crippen LogP) is 0.0624. The first kappa shape index (κ1) is 9.57. The highest BCUT2D eigenvalue weighted by atomic mass is 16.5. The van der Waals surface area contributed by atoms with Crippen LogP contribution in [0.15, 0.2) is 4.79 Å². The van der Waals surface area contributed by atoms with Crippen LogP contribution < -0.4 is 5.69 Å². The van der Waals surface area contributed by atoms with Gasteiger partial charge in [-0.05, 0) is 6.42 Å². The Morgan fingerprint density at radius 1 is 1.62 bits per heavy atom. The number of esters is 1. The maximum atomic E-state index is 11.2. The molecule has 72 valence electrons. The number of H-pyrrole nitrogens is 1. The Kier molecular flexibility index (Phi) is 2.55. The fourth-order valence-corrected chi connectivity index (χ4v) is 1.24. The van der Waals surface area contributed by atoms with Crippen molar-refractivity contribution in [2.45, 2.75) is 13.3 Å². The van der Waals surface area contributed by atoms with E-state index in [-0.39, 0.29) is 11.4 Å². The van der Waals surface area contributed by atoms with E-state index in [1.807, 2.05) is 6.92 Å². The molecule has 0 atom stereocenters. The van der Waals surface area contributed by atoms with Gasteiger partial charge in [-0.15, -0.1) is 0 Å². The fraction of sp³-hybridized carbons (Fsp3) is 0.500. The lowest BCUT2D eigenvalue weighted by atomic mass is 10.2. The third-order valence-electron chi connectivity index (χ3n) is 1.95. The largest absolute Gasteiger partial charge is 0.464 e. The topological polar surface area (TPSA) is 64.1 Å². The molecule has 0 radical (unpaired) electrons. The number of ether oxygens (including phenoxy) is 1. The summed E-state index contributed by atoms with van der Waals surface area (Å²) >= 11 is 0. The van der Waals surface area contributed by atoms with Gasteiger partial charge < -0.3 is 4.74 Å². The number of nitrogens with zero attached hydrogens (tertiary/aromatic N) is 1. The normalized spacial score (nSPS) is 10.1. The van der Waals surface area contributed by atoms with Gasteiger partial charge in [0.1, 0.15) is 5.69 Å². The van der Waals surface area contributed by atoms with E-state index in [4.69, 9.17) is 0 Å². The monoisotopic (exact) mass is 184 g/mol. The van der Waals surface area contributed by atoms with Gasteiger partial charge in [-0.1, -0.05) is 6.92 Å². The first-order valence-corrected chi connectivity index (χ1v) is 3.98. The summed E-state index contributed by atoms with van der Waals surface area (Å²) in [6.07, 6.45) is 0.611. The molecule has 0 aliphatic carbocycles. The van der Waals surface area contributed by atoms with Crippen molar-refractivity contribution in [3.8, 4) is 0 Å². The molecule has 1 aromatic rings.